The molecule has 4 amide bonds. The largest absolute Gasteiger partial charge is 0.490 e. The second kappa shape index (κ2) is 22.9. The molecule has 9 N–H and O–H groups in total. The van der Waals surface area contributed by atoms with Crippen LogP contribution in [-0.2, 0) is 30.5 Å². The number of amides is 4. The highest BCUT2D eigenvalue weighted by Gasteiger charge is 2.39. The van der Waals surface area contributed by atoms with Crippen LogP contribution < -0.4 is 27.4 Å². The number of carbonyl (C=O) groups excluding carboxylic acids is 4. The van der Waals surface area contributed by atoms with Gasteiger partial charge < -0.3 is 42.4 Å². The Balaban J connectivity index is 0.000000538. The number of fused-ring (bicyclic) bond motifs is 7. The Morgan fingerprint density at radius 3 is 1.87 bits per heavy atom. The number of halogens is 6. The first kappa shape index (κ1) is 51.7. The standard InChI is InChI=1S/C42H45N7O5.2C2HF3O2/c43-21-9-7-17-35(44)39(50)48-37(18-8-10-22-45-42(53)54-25-34-30-13-3-1-11-28(30)29-12-2-4-14-31(29)34)40(51)46-27-19-20-36-26(23-27)24-49-38(47-36)32-15-5-6-16-33(32)41(49)52;2*3-2(4,5)1(6)7/h1-6,11-16,19-20,23,34-35,37H,7-10,17-18,21-22,24-25,43-44H2,(H,45,53)(H,46,51)(H,48,50);2*(H,6,7)/t35-,37-;;/m0../s1. The van der Waals surface area contributed by atoms with Crippen molar-refractivity contribution in [2.24, 2.45) is 16.5 Å². The van der Waals surface area contributed by atoms with Crippen molar-refractivity contribution < 1.29 is 70.1 Å². The van der Waals surface area contributed by atoms with Crippen LogP contribution in [0, 0.1) is 0 Å². The summed E-state index contributed by atoms with van der Waals surface area (Å²) in [6.07, 6.45) is -7.37. The average Bonchev–Trinajstić information content (AvgIpc) is 3.77. The lowest BCUT2D eigenvalue weighted by molar-refractivity contribution is -0.193. The van der Waals surface area contributed by atoms with E-state index in [2.05, 4.69) is 40.2 Å². The molecule has 2 atom stereocenters. The predicted molar refractivity (Wildman–Crippen MR) is 235 cm³/mol. The van der Waals surface area contributed by atoms with Crippen LogP contribution in [0.5, 0.6) is 0 Å². The number of hydrogen-bond acceptors (Lipinski definition) is 10. The minimum Gasteiger partial charge on any atom is -0.475 e. The van der Waals surface area contributed by atoms with Gasteiger partial charge in [-0.3, -0.25) is 19.3 Å². The molecule has 22 heteroatoms. The minimum atomic E-state index is -5.08. The number of hydrogen-bond donors (Lipinski definition) is 7. The maximum atomic E-state index is 13.7. The predicted octanol–water partition coefficient (Wildman–Crippen LogP) is 6.59. The summed E-state index contributed by atoms with van der Waals surface area (Å²) in [6, 6.07) is 27.5. The molecule has 1 aliphatic carbocycles. The molecular weight excluding hydrogens is 909 g/mol. The van der Waals surface area contributed by atoms with E-state index in [1.807, 2.05) is 48.5 Å². The van der Waals surface area contributed by atoms with Gasteiger partial charge in [-0.25, -0.2) is 19.4 Å². The lowest BCUT2D eigenvalue weighted by Crippen LogP contribution is -2.50. The van der Waals surface area contributed by atoms with Gasteiger partial charge in [-0.2, -0.15) is 26.3 Å². The summed E-state index contributed by atoms with van der Waals surface area (Å²) < 4.78 is 69.1. The van der Waals surface area contributed by atoms with E-state index in [1.54, 1.807) is 23.1 Å². The first-order valence-corrected chi connectivity index (χ1v) is 21.1. The molecule has 2 aliphatic heterocycles. The summed E-state index contributed by atoms with van der Waals surface area (Å²) in [5.41, 5.74) is 19.8. The van der Waals surface area contributed by atoms with Crippen molar-refractivity contribution >= 4 is 53.0 Å². The molecule has 0 saturated heterocycles. The number of carboxylic acid groups (broad SMARTS) is 2. The van der Waals surface area contributed by atoms with E-state index in [1.165, 1.54) is 0 Å². The number of carboxylic acids is 2. The van der Waals surface area contributed by atoms with Crippen molar-refractivity contribution in [1.82, 2.24) is 15.5 Å². The number of aliphatic imine (C=N–C) groups is 1. The fraction of sp³-hybridized carbons (Fsp3) is 0.326. The molecule has 7 rings (SSSR count). The van der Waals surface area contributed by atoms with Crippen LogP contribution in [0.2, 0.25) is 0 Å². The number of amidine groups is 1. The van der Waals surface area contributed by atoms with Gasteiger partial charge >= 0.3 is 30.4 Å². The van der Waals surface area contributed by atoms with Crippen LogP contribution in [0.4, 0.5) is 42.5 Å². The molecule has 0 unspecified atom stereocenters. The van der Waals surface area contributed by atoms with Crippen molar-refractivity contribution in [3.63, 3.8) is 0 Å². The summed E-state index contributed by atoms with van der Waals surface area (Å²) in [4.78, 5) is 76.7. The number of alkyl carbamates (subject to hydrolysis) is 1. The number of carbonyl (C=O) groups is 6. The lowest BCUT2D eigenvalue weighted by Gasteiger charge is -2.24. The number of nitrogens with two attached hydrogens (primary N) is 2. The molecule has 0 bridgehead atoms. The SMILES string of the molecule is NCCCC[C@H](N)C(=O)N[C@@H](CCCCNC(=O)OCC1c2ccccc2-c2ccccc21)C(=O)Nc1ccc2c(c1)CN1C(=O)c3ccccc3C1=N2.O=C(O)C(F)(F)F.O=C(O)C(F)(F)F. The second-order valence-electron chi connectivity index (χ2n) is 15.5. The van der Waals surface area contributed by atoms with E-state index in [-0.39, 0.29) is 18.4 Å². The fourth-order valence-corrected chi connectivity index (χ4v) is 7.43. The Bertz CT molecular complexity index is 2470. The highest BCUT2D eigenvalue weighted by molar-refractivity contribution is 6.24. The van der Waals surface area contributed by atoms with Crippen molar-refractivity contribution in [2.75, 3.05) is 25.0 Å². The Labute approximate surface area is 384 Å². The molecule has 0 fully saturated rings. The third-order valence-electron chi connectivity index (χ3n) is 10.8. The Hall–Kier alpha value is -7.33. The third-order valence-corrected chi connectivity index (χ3v) is 10.8. The number of anilines is 1. The highest BCUT2D eigenvalue weighted by atomic mass is 19.4. The number of benzene rings is 4. The van der Waals surface area contributed by atoms with Crippen molar-refractivity contribution in [1.29, 1.82) is 0 Å². The van der Waals surface area contributed by atoms with Crippen LogP contribution >= 0.6 is 0 Å². The van der Waals surface area contributed by atoms with Crippen molar-refractivity contribution in [2.45, 2.75) is 75.4 Å². The number of rotatable bonds is 15. The fourth-order valence-electron chi connectivity index (χ4n) is 7.43. The molecule has 0 aromatic heterocycles. The summed E-state index contributed by atoms with van der Waals surface area (Å²) in [7, 11) is 0. The molecule has 2 heterocycles. The van der Waals surface area contributed by atoms with Crippen molar-refractivity contribution in [3.8, 4) is 11.1 Å². The molecule has 0 spiro atoms. The number of ether oxygens (including phenoxy) is 1. The van der Waals surface area contributed by atoms with Crippen LogP contribution in [0.3, 0.4) is 0 Å². The van der Waals surface area contributed by atoms with Crippen molar-refractivity contribution in [3.05, 3.63) is 119 Å². The van der Waals surface area contributed by atoms with Gasteiger partial charge in [0.15, 0.2) is 0 Å². The number of nitrogens with one attached hydrogen (secondary N) is 3. The quantitative estimate of drug-likeness (QED) is 0.0494. The minimum absolute atomic E-state index is 0.0344. The monoisotopic (exact) mass is 955 g/mol. The zero-order valence-corrected chi connectivity index (χ0v) is 36.0. The zero-order chi connectivity index (χ0) is 49.8. The van der Waals surface area contributed by atoms with Crippen LogP contribution in [0.1, 0.15) is 77.1 Å². The van der Waals surface area contributed by atoms with Gasteiger partial charge in [0.05, 0.1) is 23.8 Å². The highest BCUT2D eigenvalue weighted by Crippen LogP contribution is 2.44. The topological polar surface area (TPSA) is 256 Å². The second-order valence-corrected chi connectivity index (χ2v) is 15.5. The summed E-state index contributed by atoms with van der Waals surface area (Å²) in [5.74, 6) is -5.84. The molecule has 4 aromatic rings. The van der Waals surface area contributed by atoms with Gasteiger partial charge in [-0.05, 0) is 90.7 Å². The Kier molecular flexibility index (Phi) is 17.4. The van der Waals surface area contributed by atoms with E-state index in [0.717, 1.165) is 45.5 Å². The molecule has 362 valence electrons. The van der Waals surface area contributed by atoms with Gasteiger partial charge in [0, 0.05) is 23.7 Å². The number of nitrogens with zero attached hydrogens (tertiary/aromatic N) is 2. The maximum Gasteiger partial charge on any atom is 0.490 e. The summed E-state index contributed by atoms with van der Waals surface area (Å²) >= 11 is 0. The third kappa shape index (κ3) is 13.4. The van der Waals surface area contributed by atoms with Gasteiger partial charge in [0.25, 0.3) is 5.91 Å². The maximum absolute atomic E-state index is 13.7. The normalized spacial score (nSPS) is 14.1. The molecule has 68 heavy (non-hydrogen) atoms. The van der Waals surface area contributed by atoms with E-state index in [9.17, 15) is 45.5 Å². The van der Waals surface area contributed by atoms with Gasteiger partial charge in [0.1, 0.15) is 18.5 Å². The first-order chi connectivity index (χ1) is 32.2. The Morgan fingerprint density at radius 1 is 0.750 bits per heavy atom. The van der Waals surface area contributed by atoms with Gasteiger partial charge in [-0.15, -0.1) is 0 Å². The first-order valence-electron chi connectivity index (χ1n) is 21.1. The van der Waals surface area contributed by atoms with E-state index >= 15 is 0 Å². The molecule has 16 nitrogen and oxygen atoms in total. The number of aliphatic carboxylic acids is 2. The molecule has 0 saturated carbocycles. The summed E-state index contributed by atoms with van der Waals surface area (Å²) in [5, 5.41) is 22.9. The lowest BCUT2D eigenvalue weighted by atomic mass is 9.98. The zero-order valence-electron chi connectivity index (χ0n) is 36.0. The smallest absolute Gasteiger partial charge is 0.475 e. The average molecular weight is 956 g/mol. The van der Waals surface area contributed by atoms with Crippen LogP contribution in [0.15, 0.2) is 96.0 Å². The number of unbranched alkanes of at least 4 members (excludes halogenated alkanes) is 2. The summed E-state index contributed by atoms with van der Waals surface area (Å²) in [6.45, 7) is 1.39. The molecule has 3 aliphatic rings. The van der Waals surface area contributed by atoms with Gasteiger partial charge in [0.2, 0.25) is 11.8 Å². The number of alkyl halides is 6. The molecular formula is C46H47F6N7O9. The van der Waals surface area contributed by atoms with E-state index < -0.39 is 54.3 Å². The molecule has 0 radical (unpaired) electrons. The Morgan fingerprint density at radius 2 is 1.29 bits per heavy atom. The van der Waals surface area contributed by atoms with Crippen LogP contribution in [-0.4, -0.2) is 101 Å². The van der Waals surface area contributed by atoms with E-state index in [4.69, 9.17) is 41.0 Å². The molecule has 4 aromatic carbocycles. The van der Waals surface area contributed by atoms with Gasteiger partial charge in [-0.1, -0.05) is 73.2 Å². The van der Waals surface area contributed by atoms with E-state index in [0.29, 0.717) is 68.8 Å². The van der Waals surface area contributed by atoms with Crippen LogP contribution in [0.25, 0.3) is 11.1 Å².